The molecule has 1 aromatic carbocycles. The molecule has 0 heterocycles. The van der Waals surface area contributed by atoms with Crippen molar-refractivity contribution < 1.29 is 9.84 Å². The highest BCUT2D eigenvalue weighted by molar-refractivity contribution is 5.62. The van der Waals surface area contributed by atoms with E-state index in [9.17, 15) is 0 Å². The van der Waals surface area contributed by atoms with Crippen molar-refractivity contribution in [3.63, 3.8) is 0 Å². The lowest BCUT2D eigenvalue weighted by Crippen LogP contribution is -2.54. The Morgan fingerprint density at radius 2 is 1.76 bits per heavy atom. The summed E-state index contributed by atoms with van der Waals surface area (Å²) in [5, 5.41) is 26.3. The standard InChI is InChI=1S/C31H44N2O.CHN.CH4O/c1-21(24-10-7-22(18-32)8-11-24)33-19-26-5-4-6-30-29-14-12-25-17-23(20-34-3)9-13-27(25)28(29)15-16-31(26,30)2;2*1-2/h7-8,10-11,23,25-30,33H,1,4-6,9,12-17,19-20H2,2-3H3;1H;2H,1H3. The first kappa shape index (κ1) is 30.2. The molecule has 0 amide bonds. The molecule has 0 aliphatic heterocycles. The van der Waals surface area contributed by atoms with Crippen molar-refractivity contribution in [3.05, 3.63) is 42.0 Å². The molecule has 4 fully saturated rings. The average molecular weight is 520 g/mol. The van der Waals surface area contributed by atoms with Gasteiger partial charge in [-0.05, 0) is 122 Å². The van der Waals surface area contributed by atoms with Gasteiger partial charge in [-0.1, -0.05) is 32.1 Å². The summed E-state index contributed by atoms with van der Waals surface area (Å²) in [6, 6.07) is 10.0. The molecule has 1 aromatic rings. The highest BCUT2D eigenvalue weighted by atomic mass is 16.5. The number of fused-ring (bicyclic) bond motifs is 5. The summed E-state index contributed by atoms with van der Waals surface area (Å²) >= 11 is 0. The maximum absolute atomic E-state index is 9.07. The largest absolute Gasteiger partial charge is 0.400 e. The fraction of sp³-hybridized carbons (Fsp3) is 0.697. The number of ether oxygens (including phenoxy) is 1. The van der Waals surface area contributed by atoms with E-state index in [2.05, 4.69) is 31.5 Å². The molecule has 0 saturated heterocycles. The number of nitrogens with one attached hydrogen (secondary N) is 1. The molecule has 0 spiro atoms. The van der Waals surface area contributed by atoms with Crippen LogP contribution in [0.3, 0.4) is 0 Å². The van der Waals surface area contributed by atoms with Gasteiger partial charge in [0, 0.05) is 39.6 Å². The van der Waals surface area contributed by atoms with Crippen LogP contribution in [0, 0.1) is 70.0 Å². The van der Waals surface area contributed by atoms with Crippen molar-refractivity contribution in [2.24, 2.45) is 46.8 Å². The number of benzene rings is 1. The molecule has 4 aliphatic rings. The molecule has 4 saturated carbocycles. The Labute approximate surface area is 231 Å². The zero-order chi connectivity index (χ0) is 27.7. The Hall–Kier alpha value is -2.34. The van der Waals surface area contributed by atoms with E-state index in [-0.39, 0.29) is 0 Å². The summed E-state index contributed by atoms with van der Waals surface area (Å²) in [4.78, 5) is 0. The first-order chi connectivity index (χ1) is 18.5. The van der Waals surface area contributed by atoms with Crippen LogP contribution in [0.5, 0.6) is 0 Å². The summed E-state index contributed by atoms with van der Waals surface area (Å²) in [6.07, 6.45) is 14.3. The van der Waals surface area contributed by atoms with E-state index >= 15 is 0 Å². The number of hydrogen-bond donors (Lipinski definition) is 2. The van der Waals surface area contributed by atoms with Crippen LogP contribution in [0.1, 0.15) is 82.3 Å². The zero-order valence-electron chi connectivity index (χ0n) is 23.9. The van der Waals surface area contributed by atoms with Crippen molar-refractivity contribution in [1.29, 1.82) is 10.5 Å². The van der Waals surface area contributed by atoms with E-state index in [1.54, 1.807) is 0 Å². The predicted octanol–water partition coefficient (Wildman–Crippen LogP) is 6.79. The van der Waals surface area contributed by atoms with Crippen molar-refractivity contribution in [3.8, 4) is 12.6 Å². The number of nitriles is 2. The maximum atomic E-state index is 9.07. The normalized spacial score (nSPS) is 35.2. The first-order valence-corrected chi connectivity index (χ1v) is 14.7. The Kier molecular flexibility index (Phi) is 11.3. The minimum Gasteiger partial charge on any atom is -0.400 e. The molecule has 0 radical (unpaired) electrons. The van der Waals surface area contributed by atoms with Crippen LogP contribution < -0.4 is 5.32 Å². The average Bonchev–Trinajstić information content (AvgIpc) is 2.97. The summed E-state index contributed by atoms with van der Waals surface area (Å²) in [7, 11) is 2.87. The summed E-state index contributed by atoms with van der Waals surface area (Å²) in [5.41, 5.74) is 3.27. The van der Waals surface area contributed by atoms with Gasteiger partial charge in [0.1, 0.15) is 0 Å². The SMILES string of the molecule is C#N.C=C(NCC1CCCC2C3CCC4CC(COC)CCC4C3CCC12C)c1ccc(C#N)cc1.CO. The highest BCUT2D eigenvalue weighted by Crippen LogP contribution is 2.63. The minimum absolute atomic E-state index is 0.470. The molecule has 0 aromatic heterocycles. The number of rotatable bonds is 6. The third kappa shape index (κ3) is 6.27. The van der Waals surface area contributed by atoms with Crippen LogP contribution >= 0.6 is 0 Å². The van der Waals surface area contributed by atoms with E-state index in [0.29, 0.717) is 11.0 Å². The number of aliphatic hydroxyl groups is 1. The molecule has 8 atom stereocenters. The molecule has 38 heavy (non-hydrogen) atoms. The van der Waals surface area contributed by atoms with Gasteiger partial charge in [0.15, 0.2) is 0 Å². The van der Waals surface area contributed by atoms with Gasteiger partial charge in [-0.3, -0.25) is 0 Å². The Bertz CT molecular complexity index is 951. The molecular formula is C33H49N3O2. The number of aliphatic hydroxyl groups excluding tert-OH is 1. The second-order valence-corrected chi connectivity index (χ2v) is 12.3. The molecule has 0 bridgehead atoms. The predicted molar refractivity (Wildman–Crippen MR) is 154 cm³/mol. The molecule has 5 rings (SSSR count). The van der Waals surface area contributed by atoms with Crippen LogP contribution in [0.25, 0.3) is 5.70 Å². The number of nitrogens with zero attached hydrogens (tertiary/aromatic N) is 2. The first-order valence-electron chi connectivity index (χ1n) is 14.7. The maximum Gasteiger partial charge on any atom is 0.0991 e. The van der Waals surface area contributed by atoms with Gasteiger partial charge in [0.05, 0.1) is 11.6 Å². The van der Waals surface area contributed by atoms with Gasteiger partial charge in [-0.25, -0.2) is 5.26 Å². The number of methoxy groups -OCH3 is 1. The molecular weight excluding hydrogens is 470 g/mol. The third-order valence-corrected chi connectivity index (χ3v) is 10.8. The van der Waals surface area contributed by atoms with Gasteiger partial charge in [0.25, 0.3) is 0 Å². The Morgan fingerprint density at radius 3 is 2.45 bits per heavy atom. The third-order valence-electron chi connectivity index (χ3n) is 10.8. The van der Waals surface area contributed by atoms with E-state index < -0.39 is 0 Å². The lowest BCUT2D eigenvalue weighted by Gasteiger charge is -2.60. The summed E-state index contributed by atoms with van der Waals surface area (Å²) in [5.74, 6) is 6.36. The molecule has 2 N–H and O–H groups in total. The highest BCUT2D eigenvalue weighted by Gasteiger charge is 2.55. The topological polar surface area (TPSA) is 89.1 Å². The van der Waals surface area contributed by atoms with Gasteiger partial charge < -0.3 is 15.2 Å². The quantitative estimate of drug-likeness (QED) is 0.432. The zero-order valence-corrected chi connectivity index (χ0v) is 23.9. The van der Waals surface area contributed by atoms with E-state index in [1.165, 1.54) is 64.2 Å². The van der Waals surface area contributed by atoms with Crippen molar-refractivity contribution >= 4 is 5.70 Å². The number of hydrogen-bond acceptors (Lipinski definition) is 5. The van der Waals surface area contributed by atoms with Crippen LogP contribution in [-0.4, -0.2) is 32.5 Å². The molecule has 208 valence electrons. The lowest BCUT2D eigenvalue weighted by atomic mass is 9.45. The van der Waals surface area contributed by atoms with E-state index in [1.807, 2.05) is 31.4 Å². The molecule has 5 heteroatoms. The molecule has 8 unspecified atom stereocenters. The fourth-order valence-electron chi connectivity index (χ4n) is 9.08. The van der Waals surface area contributed by atoms with Crippen LogP contribution in [-0.2, 0) is 4.74 Å². The van der Waals surface area contributed by atoms with Crippen LogP contribution in [0.4, 0.5) is 0 Å². The molecule has 4 aliphatic carbocycles. The van der Waals surface area contributed by atoms with Crippen LogP contribution in [0.15, 0.2) is 30.8 Å². The fourth-order valence-corrected chi connectivity index (χ4v) is 9.08. The Balaban J connectivity index is 0.000000956. The van der Waals surface area contributed by atoms with Gasteiger partial charge in [-0.15, -0.1) is 0 Å². The van der Waals surface area contributed by atoms with Crippen molar-refractivity contribution in [1.82, 2.24) is 5.32 Å². The second kappa shape index (κ2) is 14.2. The van der Waals surface area contributed by atoms with Gasteiger partial charge in [-0.2, -0.15) is 5.26 Å². The smallest absolute Gasteiger partial charge is 0.0991 e. The summed E-state index contributed by atoms with van der Waals surface area (Å²) < 4.78 is 5.52. The molecule has 5 nitrogen and oxygen atoms in total. The Morgan fingerprint density at radius 1 is 1.05 bits per heavy atom. The van der Waals surface area contributed by atoms with Crippen LogP contribution in [0.2, 0.25) is 0 Å². The van der Waals surface area contributed by atoms with Crippen molar-refractivity contribution in [2.45, 2.75) is 71.1 Å². The summed E-state index contributed by atoms with van der Waals surface area (Å²) in [6.45, 7) is 12.5. The van der Waals surface area contributed by atoms with E-state index in [4.69, 9.17) is 20.4 Å². The van der Waals surface area contributed by atoms with E-state index in [0.717, 1.165) is 72.9 Å². The second-order valence-electron chi connectivity index (χ2n) is 12.3. The van der Waals surface area contributed by atoms with Gasteiger partial charge >= 0.3 is 0 Å². The van der Waals surface area contributed by atoms with Gasteiger partial charge in [0.2, 0.25) is 0 Å². The monoisotopic (exact) mass is 519 g/mol. The lowest BCUT2D eigenvalue weighted by molar-refractivity contribution is -0.110. The van der Waals surface area contributed by atoms with Crippen molar-refractivity contribution in [2.75, 3.05) is 27.4 Å². The minimum atomic E-state index is 0.470.